The van der Waals surface area contributed by atoms with Crippen molar-refractivity contribution < 1.29 is 14.6 Å². The number of hydrogen-bond donors (Lipinski definition) is 2. The normalized spacial score (nSPS) is 22.8. The van der Waals surface area contributed by atoms with E-state index in [1.165, 1.54) is 0 Å². The third-order valence-electron chi connectivity index (χ3n) is 2.93. The lowest BCUT2D eigenvalue weighted by Gasteiger charge is -2.19. The van der Waals surface area contributed by atoms with Gasteiger partial charge in [-0.1, -0.05) is 0 Å². The molecule has 1 aromatic carbocycles. The first-order chi connectivity index (χ1) is 8.57. The van der Waals surface area contributed by atoms with Crippen LogP contribution in [0, 0.1) is 0 Å². The van der Waals surface area contributed by atoms with E-state index in [2.05, 4.69) is 15.3 Å². The minimum Gasteiger partial charge on any atom is -0.508 e. The number of rotatable bonds is 1. The maximum Gasteiger partial charge on any atom is 0.408 e. The second kappa shape index (κ2) is 3.56. The van der Waals surface area contributed by atoms with Gasteiger partial charge in [0.05, 0.1) is 5.52 Å². The number of phenolic OH excluding ortho intramolecular Hbond substituents is 1. The number of ether oxygens (including phenoxy) is 1. The Morgan fingerprint density at radius 1 is 1.50 bits per heavy atom. The third-order valence-corrected chi connectivity index (χ3v) is 2.93. The minimum atomic E-state index is -0.705. The number of alkyl carbamates (subject to hydrolysis) is 1. The molecule has 6 nitrogen and oxygen atoms in total. The molecule has 2 N–H and O–H groups in total. The van der Waals surface area contributed by atoms with Gasteiger partial charge in [0.2, 0.25) is 0 Å². The molecule has 1 fully saturated rings. The first-order valence-corrected chi connectivity index (χ1v) is 5.48. The molecular formula is C12H11N3O3. The van der Waals surface area contributed by atoms with E-state index in [0.29, 0.717) is 11.3 Å². The lowest BCUT2D eigenvalue weighted by atomic mass is 10.0. The minimum absolute atomic E-state index is 0.169. The summed E-state index contributed by atoms with van der Waals surface area (Å²) in [5.74, 6) is 0.661. The van der Waals surface area contributed by atoms with Gasteiger partial charge >= 0.3 is 6.09 Å². The smallest absolute Gasteiger partial charge is 0.408 e. The van der Waals surface area contributed by atoms with Crippen LogP contribution in [0.4, 0.5) is 4.79 Å². The Morgan fingerprint density at radius 3 is 3.06 bits per heavy atom. The van der Waals surface area contributed by atoms with E-state index in [-0.39, 0.29) is 12.4 Å². The summed E-state index contributed by atoms with van der Waals surface area (Å²) < 4.78 is 4.88. The molecule has 1 amide bonds. The highest BCUT2D eigenvalue weighted by molar-refractivity contribution is 5.79. The Morgan fingerprint density at radius 2 is 2.33 bits per heavy atom. The fourth-order valence-electron chi connectivity index (χ4n) is 1.91. The van der Waals surface area contributed by atoms with Crippen LogP contribution < -0.4 is 5.32 Å². The van der Waals surface area contributed by atoms with Crippen LogP contribution in [0.1, 0.15) is 12.7 Å². The van der Waals surface area contributed by atoms with Crippen LogP contribution >= 0.6 is 0 Å². The number of benzene rings is 1. The number of carbonyl (C=O) groups excluding carboxylic acids is 1. The van der Waals surface area contributed by atoms with Gasteiger partial charge in [-0.05, 0) is 25.1 Å². The predicted molar refractivity (Wildman–Crippen MR) is 63.0 cm³/mol. The first kappa shape index (κ1) is 10.8. The number of phenols is 1. The van der Waals surface area contributed by atoms with Gasteiger partial charge < -0.3 is 15.2 Å². The van der Waals surface area contributed by atoms with Crippen LogP contribution in [0.2, 0.25) is 0 Å². The van der Waals surface area contributed by atoms with Crippen LogP contribution in [-0.2, 0) is 10.3 Å². The zero-order chi connectivity index (χ0) is 12.8. The van der Waals surface area contributed by atoms with E-state index in [4.69, 9.17) is 4.74 Å². The van der Waals surface area contributed by atoms with E-state index < -0.39 is 11.6 Å². The second-order valence-corrected chi connectivity index (χ2v) is 4.47. The first-order valence-electron chi connectivity index (χ1n) is 5.48. The van der Waals surface area contributed by atoms with E-state index in [9.17, 15) is 9.90 Å². The number of carbonyl (C=O) groups is 1. The molecule has 0 aliphatic carbocycles. The molecule has 1 saturated heterocycles. The number of nitrogens with zero attached hydrogens (tertiary/aromatic N) is 2. The van der Waals surface area contributed by atoms with Crippen molar-refractivity contribution in [3.05, 3.63) is 30.2 Å². The highest BCUT2D eigenvalue weighted by Gasteiger charge is 2.39. The standard InChI is InChI=1S/C12H11N3O3/c1-12(6-18-11(17)15-12)10-13-5-7-4-8(16)2-3-9(7)14-10/h2-5,16H,6H2,1H3,(H,15,17)/t12-/m0/s1. The Bertz CT molecular complexity index is 644. The highest BCUT2D eigenvalue weighted by atomic mass is 16.6. The van der Waals surface area contributed by atoms with Crippen LogP contribution in [0.25, 0.3) is 10.9 Å². The number of aromatic nitrogens is 2. The van der Waals surface area contributed by atoms with E-state index >= 15 is 0 Å². The zero-order valence-electron chi connectivity index (χ0n) is 9.67. The van der Waals surface area contributed by atoms with Crippen LogP contribution in [-0.4, -0.2) is 27.8 Å². The Labute approximate surface area is 103 Å². The molecule has 1 aliphatic rings. The molecule has 1 aromatic heterocycles. The van der Waals surface area contributed by atoms with Crippen molar-refractivity contribution in [1.29, 1.82) is 0 Å². The molecule has 2 heterocycles. The Balaban J connectivity index is 2.08. The van der Waals surface area contributed by atoms with E-state index in [1.807, 2.05) is 0 Å². The Kier molecular flexibility index (Phi) is 2.13. The average molecular weight is 245 g/mol. The lowest BCUT2D eigenvalue weighted by Crippen LogP contribution is -2.39. The largest absolute Gasteiger partial charge is 0.508 e. The molecule has 3 rings (SSSR count). The summed E-state index contributed by atoms with van der Waals surface area (Å²) in [6, 6.07) is 4.85. The van der Waals surface area contributed by atoms with Gasteiger partial charge in [0.25, 0.3) is 0 Å². The molecular weight excluding hydrogens is 234 g/mol. The number of amides is 1. The van der Waals surface area contributed by atoms with Crippen molar-refractivity contribution in [2.24, 2.45) is 0 Å². The van der Waals surface area contributed by atoms with Gasteiger partial charge in [0, 0.05) is 11.6 Å². The average Bonchev–Trinajstić information content (AvgIpc) is 2.70. The van der Waals surface area contributed by atoms with E-state index in [1.54, 1.807) is 31.3 Å². The van der Waals surface area contributed by atoms with Crippen LogP contribution in [0.15, 0.2) is 24.4 Å². The second-order valence-electron chi connectivity index (χ2n) is 4.47. The topological polar surface area (TPSA) is 84.3 Å². The molecule has 1 aliphatic heterocycles. The highest BCUT2D eigenvalue weighted by Crippen LogP contribution is 2.25. The summed E-state index contributed by atoms with van der Waals surface area (Å²) in [6.07, 6.45) is 1.15. The molecule has 18 heavy (non-hydrogen) atoms. The molecule has 0 saturated carbocycles. The van der Waals surface area contributed by atoms with Gasteiger partial charge in [0.15, 0.2) is 5.82 Å². The van der Waals surface area contributed by atoms with Gasteiger partial charge in [0.1, 0.15) is 17.9 Å². The van der Waals surface area contributed by atoms with Crippen LogP contribution in [0.5, 0.6) is 5.75 Å². The number of hydrogen-bond acceptors (Lipinski definition) is 5. The molecule has 6 heteroatoms. The van der Waals surface area contributed by atoms with E-state index in [0.717, 1.165) is 5.39 Å². The van der Waals surface area contributed by atoms with Gasteiger partial charge in [-0.3, -0.25) is 0 Å². The fourth-order valence-corrected chi connectivity index (χ4v) is 1.91. The Hall–Kier alpha value is -2.37. The molecule has 0 unspecified atom stereocenters. The number of aromatic hydroxyl groups is 1. The summed E-state index contributed by atoms with van der Waals surface area (Å²) >= 11 is 0. The van der Waals surface area contributed by atoms with Crippen LogP contribution in [0.3, 0.4) is 0 Å². The molecule has 92 valence electrons. The summed E-state index contributed by atoms with van der Waals surface area (Å²) in [5.41, 5.74) is 0.00330. The molecule has 1 atom stereocenters. The monoisotopic (exact) mass is 245 g/mol. The predicted octanol–water partition coefficient (Wildman–Crippen LogP) is 1.29. The quantitative estimate of drug-likeness (QED) is 0.790. The summed E-state index contributed by atoms with van der Waals surface area (Å²) in [7, 11) is 0. The number of cyclic esters (lactones) is 1. The van der Waals surface area contributed by atoms with Gasteiger partial charge in [-0.25, -0.2) is 14.8 Å². The van der Waals surface area contributed by atoms with Gasteiger partial charge in [-0.15, -0.1) is 0 Å². The summed E-state index contributed by atoms with van der Waals surface area (Å²) in [6.45, 7) is 2.01. The maximum atomic E-state index is 11.1. The van der Waals surface area contributed by atoms with Crippen molar-refractivity contribution in [3.63, 3.8) is 0 Å². The third kappa shape index (κ3) is 1.62. The van der Waals surface area contributed by atoms with Crippen molar-refractivity contribution in [2.75, 3.05) is 6.61 Å². The SMILES string of the molecule is C[C@@]1(c2ncc3cc(O)ccc3n2)COC(=O)N1. The molecule has 0 radical (unpaired) electrons. The van der Waals surface area contributed by atoms with Crippen molar-refractivity contribution in [3.8, 4) is 5.75 Å². The van der Waals surface area contributed by atoms with Crippen molar-refractivity contribution in [1.82, 2.24) is 15.3 Å². The number of nitrogens with one attached hydrogen (secondary N) is 1. The molecule has 0 spiro atoms. The maximum absolute atomic E-state index is 11.1. The van der Waals surface area contributed by atoms with Crippen molar-refractivity contribution >= 4 is 17.0 Å². The summed E-state index contributed by atoms with van der Waals surface area (Å²) in [4.78, 5) is 19.7. The lowest BCUT2D eigenvalue weighted by molar-refractivity contribution is 0.172. The molecule has 2 aromatic rings. The number of fused-ring (bicyclic) bond motifs is 1. The molecule has 0 bridgehead atoms. The van der Waals surface area contributed by atoms with Gasteiger partial charge in [-0.2, -0.15) is 0 Å². The summed E-state index contributed by atoms with van der Waals surface area (Å²) in [5, 5.41) is 12.8. The fraction of sp³-hybridized carbons (Fsp3) is 0.250. The zero-order valence-corrected chi connectivity index (χ0v) is 9.67. The van der Waals surface area contributed by atoms with Crippen molar-refractivity contribution in [2.45, 2.75) is 12.5 Å².